The van der Waals surface area contributed by atoms with Crippen LogP contribution in [0.3, 0.4) is 0 Å². The molecule has 6 nitrogen and oxygen atoms in total. The molecule has 1 unspecified atom stereocenters. The largest absolute Gasteiger partial charge is 0.368 e. The second-order valence-corrected chi connectivity index (χ2v) is 8.72. The predicted octanol–water partition coefficient (Wildman–Crippen LogP) is 6.23. The molecule has 7 rings (SSSR count). The van der Waals surface area contributed by atoms with E-state index in [0.29, 0.717) is 23.3 Å². The third-order valence-corrected chi connectivity index (χ3v) is 6.55. The van der Waals surface area contributed by atoms with Crippen LogP contribution in [0.2, 0.25) is 0 Å². The van der Waals surface area contributed by atoms with Crippen molar-refractivity contribution in [1.82, 2.24) is 19.5 Å². The average Bonchev–Trinajstić information content (AvgIpc) is 3.30. The Hall–Kier alpha value is -4.81. The molecule has 1 atom stereocenters. The number of nitrogens with zero attached hydrogens (tertiary/aromatic N) is 4. The number of benzene rings is 4. The number of nitrogens with one attached hydrogen (secondary N) is 1. The van der Waals surface area contributed by atoms with Gasteiger partial charge in [-0.2, -0.15) is 9.97 Å². The Bertz CT molecular complexity index is 1670. The third kappa shape index (κ3) is 3.20. The van der Waals surface area contributed by atoms with Gasteiger partial charge in [-0.3, -0.25) is 4.57 Å². The molecule has 172 valence electrons. The summed E-state index contributed by atoms with van der Waals surface area (Å²) in [6.07, 6.45) is -0.931. The molecule has 0 saturated carbocycles. The highest BCUT2D eigenvalue weighted by atomic mass is 16.3. The molecule has 1 aliphatic heterocycles. The highest BCUT2D eigenvalue weighted by Gasteiger charge is 2.31. The predicted molar refractivity (Wildman–Crippen MR) is 142 cm³/mol. The normalized spacial score (nSPS) is 14.2. The van der Waals surface area contributed by atoms with E-state index in [9.17, 15) is 5.11 Å². The SMILES string of the molecule is OC1Nc2ccccc2-c2c1n(-c1nc(-c3ccccc3)nc(-c3ccccc3)n1)c1ccccc21. The summed E-state index contributed by atoms with van der Waals surface area (Å²) in [6, 6.07) is 35.9. The number of aliphatic hydroxyl groups is 1. The van der Waals surface area contributed by atoms with E-state index >= 15 is 0 Å². The smallest absolute Gasteiger partial charge is 0.238 e. The van der Waals surface area contributed by atoms with Crippen LogP contribution in [0.4, 0.5) is 5.69 Å². The maximum Gasteiger partial charge on any atom is 0.238 e. The number of fused-ring (bicyclic) bond motifs is 5. The van der Waals surface area contributed by atoms with E-state index < -0.39 is 6.23 Å². The van der Waals surface area contributed by atoms with E-state index in [4.69, 9.17) is 15.0 Å². The molecule has 0 amide bonds. The molecule has 3 heterocycles. The van der Waals surface area contributed by atoms with Crippen LogP contribution < -0.4 is 5.32 Å². The molecule has 2 N–H and O–H groups in total. The molecule has 0 spiro atoms. The highest BCUT2D eigenvalue weighted by Crippen LogP contribution is 2.46. The lowest BCUT2D eigenvalue weighted by molar-refractivity contribution is 0.201. The first-order chi connectivity index (χ1) is 17.8. The molecule has 36 heavy (non-hydrogen) atoms. The highest BCUT2D eigenvalue weighted by molar-refractivity contribution is 6.03. The topological polar surface area (TPSA) is 75.9 Å². The lowest BCUT2D eigenvalue weighted by Crippen LogP contribution is -2.20. The van der Waals surface area contributed by atoms with Gasteiger partial charge < -0.3 is 10.4 Å². The van der Waals surface area contributed by atoms with Crippen molar-refractivity contribution in [3.8, 4) is 39.9 Å². The molecular weight excluding hydrogens is 446 g/mol. The second-order valence-electron chi connectivity index (χ2n) is 8.72. The van der Waals surface area contributed by atoms with Crippen molar-refractivity contribution in [2.45, 2.75) is 6.23 Å². The number of aliphatic hydroxyl groups excluding tert-OH is 1. The van der Waals surface area contributed by atoms with E-state index in [1.807, 2.05) is 102 Å². The van der Waals surface area contributed by atoms with Gasteiger partial charge in [-0.25, -0.2) is 4.98 Å². The number of hydrogen-bond acceptors (Lipinski definition) is 5. The molecule has 6 aromatic rings. The van der Waals surface area contributed by atoms with Crippen molar-refractivity contribution in [2.24, 2.45) is 0 Å². The van der Waals surface area contributed by atoms with Crippen LogP contribution in [-0.2, 0) is 0 Å². The van der Waals surface area contributed by atoms with Crippen LogP contribution in [0.15, 0.2) is 109 Å². The van der Waals surface area contributed by atoms with Gasteiger partial charge in [-0.05, 0) is 12.1 Å². The van der Waals surface area contributed by atoms with Gasteiger partial charge in [0.25, 0.3) is 0 Å². The monoisotopic (exact) mass is 467 g/mol. The summed E-state index contributed by atoms with van der Waals surface area (Å²) in [4.78, 5) is 14.7. The van der Waals surface area contributed by atoms with Crippen molar-refractivity contribution >= 4 is 16.6 Å². The van der Waals surface area contributed by atoms with Gasteiger partial charge in [0.1, 0.15) is 0 Å². The number of rotatable bonds is 3. The van der Waals surface area contributed by atoms with Crippen molar-refractivity contribution in [3.05, 3.63) is 115 Å². The molecule has 0 aliphatic carbocycles. The minimum Gasteiger partial charge on any atom is -0.368 e. The van der Waals surface area contributed by atoms with E-state index in [1.54, 1.807) is 0 Å². The zero-order valence-corrected chi connectivity index (χ0v) is 19.2. The second kappa shape index (κ2) is 8.15. The van der Waals surface area contributed by atoms with Crippen LogP contribution in [0.1, 0.15) is 11.9 Å². The first kappa shape index (κ1) is 20.6. The van der Waals surface area contributed by atoms with Crippen LogP contribution in [0.25, 0.3) is 50.8 Å². The van der Waals surface area contributed by atoms with Crippen LogP contribution in [0, 0.1) is 0 Å². The van der Waals surface area contributed by atoms with Crippen LogP contribution >= 0.6 is 0 Å². The molecule has 4 aromatic carbocycles. The Labute approximate surface area is 207 Å². The van der Waals surface area contributed by atoms with Crippen molar-refractivity contribution in [1.29, 1.82) is 0 Å². The Balaban J connectivity index is 1.56. The molecule has 0 radical (unpaired) electrons. The molecule has 0 bridgehead atoms. The van der Waals surface area contributed by atoms with Crippen LogP contribution in [0.5, 0.6) is 0 Å². The minimum absolute atomic E-state index is 0.459. The lowest BCUT2D eigenvalue weighted by atomic mass is 9.96. The van der Waals surface area contributed by atoms with Gasteiger partial charge in [0.2, 0.25) is 5.95 Å². The van der Waals surface area contributed by atoms with E-state index in [1.165, 1.54) is 0 Å². The fraction of sp³-hybridized carbons (Fsp3) is 0.0333. The van der Waals surface area contributed by atoms with Crippen molar-refractivity contribution in [3.63, 3.8) is 0 Å². The van der Waals surface area contributed by atoms with E-state index in [2.05, 4.69) is 17.4 Å². The zero-order valence-electron chi connectivity index (χ0n) is 19.2. The zero-order chi connectivity index (χ0) is 24.1. The molecule has 0 saturated heterocycles. The minimum atomic E-state index is -0.931. The summed E-state index contributed by atoms with van der Waals surface area (Å²) in [5, 5.41) is 15.6. The fourth-order valence-electron chi connectivity index (χ4n) is 4.96. The summed E-state index contributed by atoms with van der Waals surface area (Å²) in [5.41, 5.74) is 6.33. The van der Waals surface area contributed by atoms with Gasteiger partial charge in [0.05, 0.1) is 11.2 Å². The van der Waals surface area contributed by atoms with E-state index in [-0.39, 0.29) is 0 Å². The molecule has 0 fully saturated rings. The van der Waals surface area contributed by atoms with Gasteiger partial charge in [0, 0.05) is 33.3 Å². The molecular formula is C30H21N5O. The van der Waals surface area contributed by atoms with Gasteiger partial charge in [0.15, 0.2) is 17.9 Å². The first-order valence-corrected chi connectivity index (χ1v) is 11.8. The summed E-state index contributed by atoms with van der Waals surface area (Å²) < 4.78 is 1.96. The third-order valence-electron chi connectivity index (χ3n) is 6.55. The Morgan fingerprint density at radius 1 is 0.639 bits per heavy atom. The lowest BCUT2D eigenvalue weighted by Gasteiger charge is -2.25. The first-order valence-electron chi connectivity index (χ1n) is 11.8. The summed E-state index contributed by atoms with van der Waals surface area (Å²) in [5.74, 6) is 1.61. The van der Waals surface area contributed by atoms with Gasteiger partial charge in [-0.1, -0.05) is 97.1 Å². The maximum absolute atomic E-state index is 11.3. The summed E-state index contributed by atoms with van der Waals surface area (Å²) in [7, 11) is 0. The summed E-state index contributed by atoms with van der Waals surface area (Å²) in [6.45, 7) is 0. The maximum atomic E-state index is 11.3. The van der Waals surface area contributed by atoms with Gasteiger partial charge in [-0.15, -0.1) is 0 Å². The van der Waals surface area contributed by atoms with Crippen molar-refractivity contribution < 1.29 is 5.11 Å². The standard InChI is InChI=1S/C30H21N5O/c36-29-26-25(21-15-7-9-17-23(21)31-29)22-16-8-10-18-24(22)35(26)30-33-27(19-11-3-1-4-12-19)32-28(34-30)20-13-5-2-6-14-20/h1-18,29,31,36H. The number of hydrogen-bond donors (Lipinski definition) is 2. The number of aromatic nitrogens is 4. The van der Waals surface area contributed by atoms with Crippen LogP contribution in [-0.4, -0.2) is 24.6 Å². The molecule has 2 aromatic heterocycles. The Morgan fingerprint density at radius 2 is 1.22 bits per heavy atom. The van der Waals surface area contributed by atoms with E-state index in [0.717, 1.165) is 38.8 Å². The average molecular weight is 468 g/mol. The number of para-hydroxylation sites is 2. The molecule has 1 aliphatic rings. The molecule has 6 heteroatoms. The quantitative estimate of drug-likeness (QED) is 0.323. The number of anilines is 1. The Morgan fingerprint density at radius 3 is 1.92 bits per heavy atom. The fourth-order valence-corrected chi connectivity index (χ4v) is 4.96. The van der Waals surface area contributed by atoms with Gasteiger partial charge >= 0.3 is 0 Å². The summed E-state index contributed by atoms with van der Waals surface area (Å²) >= 11 is 0. The van der Waals surface area contributed by atoms with Crippen molar-refractivity contribution in [2.75, 3.05) is 5.32 Å². The Kier molecular flexibility index (Phi) is 4.65.